The lowest BCUT2D eigenvalue weighted by molar-refractivity contribution is -0.384. The van der Waals surface area contributed by atoms with Crippen LogP contribution >= 0.6 is 0 Å². The number of esters is 1. The highest BCUT2D eigenvalue weighted by molar-refractivity contribution is 5.95. The number of rotatable bonds is 12. The van der Waals surface area contributed by atoms with E-state index in [1.807, 2.05) is 0 Å². The van der Waals surface area contributed by atoms with Gasteiger partial charge in [-0.25, -0.2) is 9.59 Å². The molecular weight excluding hydrogens is 550 g/mol. The molecule has 2 aromatic carbocycles. The van der Waals surface area contributed by atoms with Crippen LogP contribution < -0.4 is 25.5 Å². The molecule has 2 heterocycles. The fourth-order valence-electron chi connectivity index (χ4n) is 4.22. The molecule has 1 aliphatic rings. The number of hydrogen-bond acceptors (Lipinski definition) is 11. The Labute approximate surface area is 240 Å². The highest BCUT2D eigenvalue weighted by atomic mass is 16.6. The molecule has 14 heteroatoms. The molecule has 220 valence electrons. The summed E-state index contributed by atoms with van der Waals surface area (Å²) >= 11 is 0. The molecule has 1 aromatic heterocycles. The number of hydrazone groups is 1. The lowest BCUT2D eigenvalue weighted by Gasteiger charge is -2.28. The van der Waals surface area contributed by atoms with Crippen LogP contribution in [0.5, 0.6) is 11.5 Å². The van der Waals surface area contributed by atoms with E-state index >= 15 is 0 Å². The van der Waals surface area contributed by atoms with Crippen LogP contribution in [-0.4, -0.2) is 54.8 Å². The first-order chi connectivity index (χ1) is 20.2. The van der Waals surface area contributed by atoms with Gasteiger partial charge >= 0.3 is 12.0 Å². The number of methoxy groups -OCH3 is 1. The Morgan fingerprint density at radius 3 is 2.74 bits per heavy atom. The van der Waals surface area contributed by atoms with E-state index in [0.29, 0.717) is 46.5 Å². The van der Waals surface area contributed by atoms with E-state index in [2.05, 4.69) is 21.2 Å². The van der Waals surface area contributed by atoms with Crippen LogP contribution in [0.25, 0.3) is 11.3 Å². The number of allylic oxidation sites excluding steroid dienone is 1. The SMILES string of the molecule is CCOc1cc([C@H]2NC(=O)NC(C)=C2C(=O)OC)ccc1OC[C@H](O)N/N=C/c1ccc(-c2ccccc2[N+](=O)[O-])o1. The summed E-state index contributed by atoms with van der Waals surface area (Å²) in [5.74, 6) is 0.654. The average molecular weight is 580 g/mol. The van der Waals surface area contributed by atoms with Crippen LogP contribution in [0.15, 0.2) is 75.4 Å². The van der Waals surface area contributed by atoms with Crippen molar-refractivity contribution in [3.8, 4) is 22.8 Å². The number of aliphatic hydroxyl groups excluding tert-OH is 1. The number of nitro groups is 1. The van der Waals surface area contributed by atoms with Crippen LogP contribution in [0.3, 0.4) is 0 Å². The van der Waals surface area contributed by atoms with Crippen molar-refractivity contribution in [3.05, 3.63) is 87.3 Å². The van der Waals surface area contributed by atoms with Crippen LogP contribution in [-0.2, 0) is 9.53 Å². The number of nitrogens with zero attached hydrogens (tertiary/aromatic N) is 2. The molecule has 3 aromatic rings. The lowest BCUT2D eigenvalue weighted by Crippen LogP contribution is -2.45. The van der Waals surface area contributed by atoms with Gasteiger partial charge in [-0.3, -0.25) is 15.5 Å². The summed E-state index contributed by atoms with van der Waals surface area (Å²) in [5.41, 5.74) is 3.93. The van der Waals surface area contributed by atoms with Gasteiger partial charge in [0, 0.05) is 11.8 Å². The van der Waals surface area contributed by atoms with Crippen molar-refractivity contribution in [1.29, 1.82) is 0 Å². The van der Waals surface area contributed by atoms with Crippen molar-refractivity contribution in [2.24, 2.45) is 5.10 Å². The van der Waals surface area contributed by atoms with E-state index in [9.17, 15) is 24.8 Å². The maximum absolute atomic E-state index is 12.4. The predicted molar refractivity (Wildman–Crippen MR) is 150 cm³/mol. The number of hydrogen-bond donors (Lipinski definition) is 4. The normalized spacial score (nSPS) is 15.5. The molecule has 0 radical (unpaired) electrons. The number of ether oxygens (including phenoxy) is 3. The summed E-state index contributed by atoms with van der Waals surface area (Å²) in [6.07, 6.45) is 0.0872. The predicted octanol–water partition coefficient (Wildman–Crippen LogP) is 3.38. The molecule has 1 aliphatic heterocycles. The summed E-state index contributed by atoms with van der Waals surface area (Å²) in [7, 11) is 1.26. The monoisotopic (exact) mass is 579 g/mol. The Kier molecular flexibility index (Phi) is 9.39. The van der Waals surface area contributed by atoms with Crippen molar-refractivity contribution in [2.75, 3.05) is 20.3 Å². The van der Waals surface area contributed by atoms with E-state index < -0.39 is 29.2 Å². The van der Waals surface area contributed by atoms with E-state index in [0.717, 1.165) is 0 Å². The van der Waals surface area contributed by atoms with Crippen LogP contribution in [0.4, 0.5) is 10.5 Å². The second-order valence-corrected chi connectivity index (χ2v) is 8.89. The Bertz CT molecular complexity index is 1530. The number of amides is 2. The Balaban J connectivity index is 1.40. The topological polar surface area (TPSA) is 187 Å². The first-order valence-corrected chi connectivity index (χ1v) is 12.8. The second-order valence-electron chi connectivity index (χ2n) is 8.89. The van der Waals surface area contributed by atoms with Gasteiger partial charge in [-0.2, -0.15) is 5.10 Å². The molecule has 0 fully saturated rings. The van der Waals surface area contributed by atoms with Crippen molar-refractivity contribution < 1.29 is 38.2 Å². The van der Waals surface area contributed by atoms with Gasteiger partial charge in [0.05, 0.1) is 42.0 Å². The number of urea groups is 1. The molecule has 0 bridgehead atoms. The van der Waals surface area contributed by atoms with Gasteiger partial charge in [-0.1, -0.05) is 18.2 Å². The maximum Gasteiger partial charge on any atom is 0.337 e. The number of aliphatic hydroxyl groups is 1. The Morgan fingerprint density at radius 1 is 1.21 bits per heavy atom. The summed E-state index contributed by atoms with van der Waals surface area (Å²) in [5, 5.41) is 30.8. The minimum Gasteiger partial charge on any atom is -0.490 e. The number of furan rings is 1. The maximum atomic E-state index is 12.4. The van der Waals surface area contributed by atoms with Gasteiger partial charge in [-0.15, -0.1) is 0 Å². The first kappa shape index (κ1) is 29.6. The van der Waals surface area contributed by atoms with Crippen molar-refractivity contribution in [3.63, 3.8) is 0 Å². The standard InChI is InChI=1S/C28H29N5O9/c1-4-40-23-13-17(26-25(27(35)39-3)16(2)30-28(36)31-26)9-11-22(23)41-15-24(34)32-29-14-18-10-12-21(42-18)19-7-5-6-8-20(19)33(37)38/h5-14,24,26,32,34H,4,15H2,1-3H3,(H2,30,31,36)/b29-14+/t24-,26+/m0/s1. The number of nitrogens with one attached hydrogen (secondary N) is 3. The molecule has 0 unspecified atom stereocenters. The fourth-order valence-corrected chi connectivity index (χ4v) is 4.22. The third-order valence-electron chi connectivity index (χ3n) is 6.08. The molecule has 42 heavy (non-hydrogen) atoms. The highest BCUT2D eigenvalue weighted by Crippen LogP contribution is 2.35. The fraction of sp³-hybridized carbons (Fsp3) is 0.250. The molecule has 4 rings (SSSR count). The third kappa shape index (κ3) is 6.85. The van der Waals surface area contributed by atoms with E-state index in [1.54, 1.807) is 62.4 Å². The van der Waals surface area contributed by atoms with Crippen LogP contribution in [0.1, 0.15) is 31.2 Å². The Morgan fingerprint density at radius 2 is 2.00 bits per heavy atom. The zero-order valence-corrected chi connectivity index (χ0v) is 23.0. The van der Waals surface area contributed by atoms with E-state index in [1.165, 1.54) is 19.4 Å². The minimum absolute atomic E-state index is 0.0866. The smallest absolute Gasteiger partial charge is 0.337 e. The van der Waals surface area contributed by atoms with E-state index in [4.69, 9.17) is 18.6 Å². The van der Waals surface area contributed by atoms with E-state index in [-0.39, 0.29) is 17.9 Å². The molecule has 0 saturated heterocycles. The van der Waals surface area contributed by atoms with Gasteiger partial charge in [0.25, 0.3) is 5.69 Å². The molecule has 2 atom stereocenters. The molecular formula is C28H29N5O9. The zero-order valence-electron chi connectivity index (χ0n) is 23.0. The van der Waals surface area contributed by atoms with Crippen LogP contribution in [0, 0.1) is 10.1 Å². The average Bonchev–Trinajstić information content (AvgIpc) is 3.44. The second kappa shape index (κ2) is 13.3. The van der Waals surface area contributed by atoms with Gasteiger partial charge in [0.1, 0.15) is 18.1 Å². The minimum atomic E-state index is -1.22. The van der Waals surface area contributed by atoms with Gasteiger partial charge < -0.3 is 34.4 Å². The van der Waals surface area contributed by atoms with Crippen LogP contribution in [0.2, 0.25) is 0 Å². The number of nitro benzene ring substituents is 1. The number of benzene rings is 2. The highest BCUT2D eigenvalue weighted by Gasteiger charge is 2.32. The number of para-hydroxylation sites is 1. The molecule has 0 saturated carbocycles. The first-order valence-electron chi connectivity index (χ1n) is 12.8. The molecule has 2 amide bonds. The zero-order chi connectivity index (χ0) is 30.2. The van der Waals surface area contributed by atoms with Crippen molar-refractivity contribution in [2.45, 2.75) is 26.1 Å². The number of carbonyl (C=O) groups excluding carboxylic acids is 2. The van der Waals surface area contributed by atoms with Gasteiger partial charge in [0.15, 0.2) is 17.7 Å². The quantitative estimate of drug-likeness (QED) is 0.0814. The number of carbonyl (C=O) groups is 2. The molecule has 0 spiro atoms. The third-order valence-corrected chi connectivity index (χ3v) is 6.08. The summed E-state index contributed by atoms with van der Waals surface area (Å²) in [6.45, 7) is 3.48. The van der Waals surface area contributed by atoms with Crippen molar-refractivity contribution >= 4 is 23.9 Å². The van der Waals surface area contributed by atoms with Crippen molar-refractivity contribution in [1.82, 2.24) is 16.1 Å². The molecule has 0 aliphatic carbocycles. The summed E-state index contributed by atoms with van der Waals surface area (Å²) in [6, 6.07) is 13.0. The van der Waals surface area contributed by atoms with Gasteiger partial charge in [0.2, 0.25) is 0 Å². The summed E-state index contributed by atoms with van der Waals surface area (Å²) < 4.78 is 22.0. The lowest BCUT2D eigenvalue weighted by atomic mass is 9.95. The largest absolute Gasteiger partial charge is 0.490 e. The Hall–Kier alpha value is -5.37. The molecule has 4 N–H and O–H groups in total. The van der Waals surface area contributed by atoms with Gasteiger partial charge in [-0.05, 0) is 49.7 Å². The molecule has 14 nitrogen and oxygen atoms in total. The summed E-state index contributed by atoms with van der Waals surface area (Å²) in [4.78, 5) is 35.3.